The predicted octanol–water partition coefficient (Wildman–Crippen LogP) is 0.868. The van der Waals surface area contributed by atoms with Crippen molar-refractivity contribution < 1.29 is 4.79 Å². The van der Waals surface area contributed by atoms with Crippen LogP contribution in [0.1, 0.15) is 27.2 Å². The molecular formula is C14H26N4O. The van der Waals surface area contributed by atoms with Gasteiger partial charge in [0, 0.05) is 39.1 Å². The Balaban J connectivity index is 1.94. The molecule has 0 aromatic heterocycles. The number of carbonyl (C=O) groups excluding carboxylic acids is 1. The van der Waals surface area contributed by atoms with Gasteiger partial charge in [-0.25, -0.2) is 0 Å². The monoisotopic (exact) mass is 266 g/mol. The van der Waals surface area contributed by atoms with Crippen LogP contribution in [-0.2, 0) is 4.79 Å². The van der Waals surface area contributed by atoms with E-state index in [-0.39, 0.29) is 5.91 Å². The number of amides is 1. The Morgan fingerprint density at radius 1 is 1.21 bits per heavy atom. The Morgan fingerprint density at radius 3 is 2.47 bits per heavy atom. The normalized spacial score (nSPS) is 21.2. The predicted molar refractivity (Wildman–Crippen MR) is 77.2 cm³/mol. The van der Waals surface area contributed by atoms with E-state index in [0.29, 0.717) is 12.3 Å². The summed E-state index contributed by atoms with van der Waals surface area (Å²) in [6.45, 7) is 13.1. The van der Waals surface area contributed by atoms with Gasteiger partial charge in [-0.1, -0.05) is 20.8 Å². The van der Waals surface area contributed by atoms with Crippen LogP contribution < -0.4 is 0 Å². The van der Waals surface area contributed by atoms with Crippen LogP contribution in [-0.4, -0.2) is 72.4 Å². The summed E-state index contributed by atoms with van der Waals surface area (Å²) in [5, 5.41) is 0. The van der Waals surface area contributed by atoms with E-state index in [2.05, 4.69) is 35.6 Å². The molecule has 108 valence electrons. The fraction of sp³-hybridized carbons (Fsp3) is 0.857. The lowest BCUT2D eigenvalue weighted by molar-refractivity contribution is -0.128. The molecular weight excluding hydrogens is 240 g/mol. The Morgan fingerprint density at radius 2 is 1.89 bits per heavy atom. The molecule has 0 bridgehead atoms. The number of likely N-dealkylation sites (N-methyl/N-ethyl adjacent to an activating group) is 1. The van der Waals surface area contributed by atoms with E-state index >= 15 is 0 Å². The van der Waals surface area contributed by atoms with Crippen molar-refractivity contribution in [3.05, 3.63) is 0 Å². The van der Waals surface area contributed by atoms with Crippen molar-refractivity contribution in [2.45, 2.75) is 27.2 Å². The number of aliphatic imine (C=N–C) groups is 1. The van der Waals surface area contributed by atoms with Gasteiger partial charge in [-0.05, 0) is 12.5 Å². The van der Waals surface area contributed by atoms with Crippen molar-refractivity contribution in [3.8, 4) is 0 Å². The summed E-state index contributed by atoms with van der Waals surface area (Å²) in [6.07, 6.45) is 0.619. The summed E-state index contributed by atoms with van der Waals surface area (Å²) >= 11 is 0. The number of hydrogen-bond acceptors (Lipinski definition) is 4. The van der Waals surface area contributed by atoms with E-state index in [4.69, 9.17) is 0 Å². The van der Waals surface area contributed by atoms with Crippen molar-refractivity contribution in [3.63, 3.8) is 0 Å². The molecule has 0 N–H and O–H groups in total. The van der Waals surface area contributed by atoms with Gasteiger partial charge in [0.2, 0.25) is 11.9 Å². The zero-order valence-corrected chi connectivity index (χ0v) is 12.4. The third-order valence-electron chi connectivity index (χ3n) is 3.80. The second kappa shape index (κ2) is 6.37. The van der Waals surface area contributed by atoms with Gasteiger partial charge in [0.25, 0.3) is 0 Å². The summed E-state index contributed by atoms with van der Waals surface area (Å²) < 4.78 is 0. The van der Waals surface area contributed by atoms with E-state index in [1.165, 1.54) is 0 Å². The lowest BCUT2D eigenvalue weighted by Gasteiger charge is -2.37. The van der Waals surface area contributed by atoms with Gasteiger partial charge in [-0.3, -0.25) is 14.7 Å². The summed E-state index contributed by atoms with van der Waals surface area (Å²) in [6, 6.07) is 0. The van der Waals surface area contributed by atoms with Crippen LogP contribution in [0, 0.1) is 5.92 Å². The highest BCUT2D eigenvalue weighted by Crippen LogP contribution is 2.13. The Kier molecular flexibility index (Phi) is 4.80. The Hall–Kier alpha value is -1.10. The van der Waals surface area contributed by atoms with Crippen LogP contribution in [0.2, 0.25) is 0 Å². The van der Waals surface area contributed by atoms with E-state index in [1.54, 1.807) is 0 Å². The zero-order valence-electron chi connectivity index (χ0n) is 12.4. The Bertz CT molecular complexity index is 345. The molecule has 0 aromatic carbocycles. The van der Waals surface area contributed by atoms with Crippen molar-refractivity contribution in [2.24, 2.45) is 10.9 Å². The van der Waals surface area contributed by atoms with Crippen molar-refractivity contribution >= 4 is 11.9 Å². The fourth-order valence-electron chi connectivity index (χ4n) is 2.67. The standard InChI is InChI=1S/C14H26N4O/c1-4-16-7-9-17(10-8-16)14-15-5-6-18(14)13(19)11-12(2)3/h12H,4-11H2,1-3H3. The lowest BCUT2D eigenvalue weighted by atomic mass is 10.1. The smallest absolute Gasteiger partial charge is 0.229 e. The average molecular weight is 266 g/mol. The first-order valence-electron chi connectivity index (χ1n) is 7.44. The van der Waals surface area contributed by atoms with E-state index in [0.717, 1.165) is 51.8 Å². The van der Waals surface area contributed by atoms with Gasteiger partial charge in [0.05, 0.1) is 6.54 Å². The maximum Gasteiger partial charge on any atom is 0.229 e. The number of piperazine rings is 1. The first-order valence-corrected chi connectivity index (χ1v) is 7.44. The molecule has 0 saturated carbocycles. The molecule has 0 spiro atoms. The highest BCUT2D eigenvalue weighted by Gasteiger charge is 2.29. The SMILES string of the molecule is CCN1CCN(C2=NCCN2C(=O)CC(C)C)CC1. The first kappa shape index (κ1) is 14.3. The second-order valence-electron chi connectivity index (χ2n) is 5.75. The van der Waals surface area contributed by atoms with Crippen molar-refractivity contribution in [1.82, 2.24) is 14.7 Å². The van der Waals surface area contributed by atoms with E-state index in [9.17, 15) is 4.79 Å². The number of carbonyl (C=O) groups is 1. The zero-order chi connectivity index (χ0) is 13.8. The molecule has 2 rings (SSSR count). The third kappa shape index (κ3) is 3.47. The second-order valence-corrected chi connectivity index (χ2v) is 5.75. The quantitative estimate of drug-likeness (QED) is 0.761. The summed E-state index contributed by atoms with van der Waals surface area (Å²) in [5.74, 6) is 1.55. The van der Waals surface area contributed by atoms with Gasteiger partial charge in [0.1, 0.15) is 0 Å². The average Bonchev–Trinajstić information content (AvgIpc) is 2.87. The first-order chi connectivity index (χ1) is 9.11. The molecule has 1 fully saturated rings. The van der Waals surface area contributed by atoms with Crippen LogP contribution in [0.3, 0.4) is 0 Å². The minimum absolute atomic E-state index is 0.226. The summed E-state index contributed by atoms with van der Waals surface area (Å²) in [7, 11) is 0. The van der Waals surface area contributed by atoms with Crippen LogP contribution in [0.5, 0.6) is 0 Å². The molecule has 19 heavy (non-hydrogen) atoms. The molecule has 5 heteroatoms. The fourth-order valence-corrected chi connectivity index (χ4v) is 2.67. The molecule has 0 unspecified atom stereocenters. The van der Waals surface area contributed by atoms with Gasteiger partial charge < -0.3 is 9.80 Å². The number of guanidine groups is 1. The van der Waals surface area contributed by atoms with Crippen LogP contribution >= 0.6 is 0 Å². The summed E-state index contributed by atoms with van der Waals surface area (Å²) in [5.41, 5.74) is 0. The largest absolute Gasteiger partial charge is 0.340 e. The molecule has 0 atom stereocenters. The lowest BCUT2D eigenvalue weighted by Crippen LogP contribution is -2.53. The van der Waals surface area contributed by atoms with Crippen molar-refractivity contribution in [1.29, 1.82) is 0 Å². The number of hydrogen-bond donors (Lipinski definition) is 0. The van der Waals surface area contributed by atoms with Crippen LogP contribution in [0.4, 0.5) is 0 Å². The molecule has 0 radical (unpaired) electrons. The molecule has 0 aromatic rings. The highest BCUT2D eigenvalue weighted by atomic mass is 16.2. The number of rotatable bonds is 3. The van der Waals surface area contributed by atoms with Gasteiger partial charge in [-0.15, -0.1) is 0 Å². The summed E-state index contributed by atoms with van der Waals surface area (Å²) in [4.78, 5) is 23.4. The van der Waals surface area contributed by atoms with Gasteiger partial charge in [-0.2, -0.15) is 0 Å². The van der Waals surface area contributed by atoms with Crippen LogP contribution in [0.25, 0.3) is 0 Å². The molecule has 1 saturated heterocycles. The van der Waals surface area contributed by atoms with Crippen molar-refractivity contribution in [2.75, 3.05) is 45.8 Å². The van der Waals surface area contributed by atoms with Gasteiger partial charge in [0.15, 0.2) is 0 Å². The molecule has 2 heterocycles. The maximum absolute atomic E-state index is 12.2. The maximum atomic E-state index is 12.2. The molecule has 2 aliphatic rings. The van der Waals surface area contributed by atoms with Gasteiger partial charge >= 0.3 is 0 Å². The third-order valence-corrected chi connectivity index (χ3v) is 3.80. The minimum atomic E-state index is 0.226. The molecule has 0 aliphatic carbocycles. The van der Waals surface area contributed by atoms with E-state index in [1.807, 2.05) is 4.90 Å². The molecule has 5 nitrogen and oxygen atoms in total. The van der Waals surface area contributed by atoms with E-state index < -0.39 is 0 Å². The minimum Gasteiger partial charge on any atom is -0.340 e. The molecule has 1 amide bonds. The number of nitrogens with zero attached hydrogens (tertiary/aromatic N) is 4. The highest BCUT2D eigenvalue weighted by molar-refractivity contribution is 5.98. The molecule has 2 aliphatic heterocycles. The topological polar surface area (TPSA) is 39.1 Å². The van der Waals surface area contributed by atoms with Crippen LogP contribution in [0.15, 0.2) is 4.99 Å². The Labute approximate surface area is 116 Å².